The van der Waals surface area contributed by atoms with Crippen molar-refractivity contribution in [3.05, 3.63) is 89.4 Å². The molecule has 0 unspecified atom stereocenters. The van der Waals surface area contributed by atoms with Crippen molar-refractivity contribution in [3.63, 3.8) is 0 Å². The number of hydrogen-bond acceptors (Lipinski definition) is 13. The summed E-state index contributed by atoms with van der Waals surface area (Å²) in [5.74, 6) is 1.51. The number of fused-ring (bicyclic) bond motifs is 10. The van der Waals surface area contributed by atoms with Crippen LogP contribution in [-0.4, -0.2) is 162 Å². The van der Waals surface area contributed by atoms with Gasteiger partial charge < -0.3 is 34.5 Å². The number of carbonyl (C=O) groups is 4. The number of amides is 4. The minimum atomic E-state index is -0.00151. The summed E-state index contributed by atoms with van der Waals surface area (Å²) in [6, 6.07) is 12.6. The van der Waals surface area contributed by atoms with E-state index in [4.69, 9.17) is 27.3 Å². The molecule has 20 heteroatoms. The van der Waals surface area contributed by atoms with Crippen molar-refractivity contribution >= 4 is 74.5 Å². The van der Waals surface area contributed by atoms with Crippen LogP contribution in [0.4, 0.5) is 17.2 Å². The topological polar surface area (TPSA) is 201 Å². The number of nitrogens with zero attached hydrogens (tertiary/aromatic N) is 14. The van der Waals surface area contributed by atoms with Crippen LogP contribution in [0.15, 0.2) is 61.2 Å². The van der Waals surface area contributed by atoms with E-state index < -0.39 is 0 Å². The summed E-state index contributed by atoms with van der Waals surface area (Å²) < 4.78 is 4.27. The molecule has 6 aromatic heterocycles. The molecule has 0 spiro atoms. The highest BCUT2D eigenvalue weighted by molar-refractivity contribution is 6.28. The number of piperidine rings is 2. The van der Waals surface area contributed by atoms with Crippen molar-refractivity contribution in [2.45, 2.75) is 133 Å². The van der Waals surface area contributed by atoms with Crippen LogP contribution >= 0.6 is 11.6 Å². The van der Waals surface area contributed by atoms with Gasteiger partial charge in [-0.05, 0) is 99.4 Å². The van der Waals surface area contributed by atoms with E-state index in [0.717, 1.165) is 117 Å². The molecule has 2 N–H and O–H groups in total. The van der Waals surface area contributed by atoms with E-state index in [9.17, 15) is 19.2 Å². The molecule has 0 atom stereocenters. The predicted molar refractivity (Wildman–Crippen MR) is 299 cm³/mol. The number of rotatable bonds is 8. The highest BCUT2D eigenvalue weighted by atomic mass is 35.5. The number of hydrogen-bond donors (Lipinski definition) is 1. The van der Waals surface area contributed by atoms with Crippen LogP contribution in [-0.2, 0) is 16.0 Å². The number of carbonyl (C=O) groups excluding carboxylic acids is 4. The largest absolute Gasteiger partial charge is 0.384 e. The van der Waals surface area contributed by atoms with E-state index in [-0.39, 0.29) is 41.0 Å². The minimum absolute atomic E-state index is 0.000467. The van der Waals surface area contributed by atoms with Crippen LogP contribution < -0.4 is 15.5 Å². The van der Waals surface area contributed by atoms with Gasteiger partial charge in [-0.1, -0.05) is 51.4 Å². The van der Waals surface area contributed by atoms with Crippen LogP contribution in [0.2, 0.25) is 5.28 Å². The van der Waals surface area contributed by atoms with Gasteiger partial charge in [0.25, 0.3) is 11.8 Å². The number of anilines is 3. The van der Waals surface area contributed by atoms with Gasteiger partial charge >= 0.3 is 0 Å². The lowest BCUT2D eigenvalue weighted by Gasteiger charge is -2.31. The summed E-state index contributed by atoms with van der Waals surface area (Å²) in [6.45, 7) is 5.04. The summed E-state index contributed by atoms with van der Waals surface area (Å²) in [4.78, 5) is 89.1. The van der Waals surface area contributed by atoms with Gasteiger partial charge in [-0.2, -0.15) is 4.98 Å². The van der Waals surface area contributed by atoms with E-state index in [1.54, 1.807) is 56.5 Å². The Kier molecular flexibility index (Phi) is 16.8. The molecule has 8 aliphatic rings. The third-order valence-corrected chi connectivity index (χ3v) is 16.6. The summed E-state index contributed by atoms with van der Waals surface area (Å²) in [5.41, 5.74) is 11.2. The van der Waals surface area contributed by atoms with Gasteiger partial charge in [0.05, 0.1) is 43.3 Å². The zero-order chi connectivity index (χ0) is 53.7. The van der Waals surface area contributed by atoms with E-state index >= 15 is 0 Å². The SMILES string of the molecule is CN(C)C(=O)c1cc2cnc(Cc3ccc(N4C(=O)CN5CCC4CC5)cn3)nc2n1C1CCCCCC1.CN(C)C(=O)c1cc2cnc(Cl)nc2n1C1CCCCCC1.Nc1ccc(N2C(=O)CN3CCC2CC3)cn1. The number of aromatic nitrogens is 8. The minimum Gasteiger partial charge on any atom is -0.384 e. The molecule has 14 rings (SSSR count). The Bertz CT molecular complexity index is 3040. The first-order valence-corrected chi connectivity index (χ1v) is 28.3. The Morgan fingerprint density at radius 1 is 0.558 bits per heavy atom. The molecule has 0 radical (unpaired) electrons. The molecule has 0 aromatic carbocycles. The number of nitrogens with two attached hydrogens (primary N) is 1. The smallest absolute Gasteiger partial charge is 0.270 e. The molecule has 4 amide bonds. The first-order valence-electron chi connectivity index (χ1n) is 27.9. The van der Waals surface area contributed by atoms with Crippen LogP contribution in [0.3, 0.4) is 0 Å². The molecule has 77 heavy (non-hydrogen) atoms. The second-order valence-corrected chi connectivity index (χ2v) is 22.5. The lowest BCUT2D eigenvalue weighted by atomic mass is 10.0. The second-order valence-electron chi connectivity index (χ2n) is 22.1. The number of nitrogen functional groups attached to an aromatic ring is 1. The van der Waals surface area contributed by atoms with Gasteiger partial charge in [-0.3, -0.25) is 34.0 Å². The molecule has 8 fully saturated rings. The molecular formula is C57H74ClN15O4. The van der Waals surface area contributed by atoms with Crippen LogP contribution in [0.1, 0.15) is 147 Å². The van der Waals surface area contributed by atoms with Gasteiger partial charge in [-0.25, -0.2) is 19.9 Å². The van der Waals surface area contributed by atoms with Crippen molar-refractivity contribution in [2.75, 3.05) is 83.0 Å². The summed E-state index contributed by atoms with van der Waals surface area (Å²) in [5, 5.41) is 2.00. The average molecular weight is 1070 g/mol. The normalized spacial score (nSPS) is 22.1. The molecule has 2 saturated carbocycles. The second kappa shape index (κ2) is 24.0. The van der Waals surface area contributed by atoms with Crippen molar-refractivity contribution in [1.29, 1.82) is 0 Å². The first kappa shape index (κ1) is 53.8. The maximum Gasteiger partial charge on any atom is 0.270 e. The molecule has 2 aliphatic carbocycles. The van der Waals surface area contributed by atoms with Gasteiger partial charge in [0.15, 0.2) is 0 Å². The average Bonchev–Trinajstić information content (AvgIpc) is 3.74. The predicted octanol–water partition coefficient (Wildman–Crippen LogP) is 7.98. The standard InChI is InChI=1S/C29H37N7O2.C16H21ClN4O.C12H16N4O/c1-33(2)29(38)25-15-20-17-31-26(32-28(20)36(25)22-7-5-3-4-6-8-22)16-21-9-10-24(18-30-21)35-23-11-13-34(14-12-23)19-27(35)37;1-20(2)15(22)13-9-11-10-18-16(17)19-14(11)21(13)12-7-5-3-4-6-8-12;13-11-2-1-10(7-14-11)16-9-3-5-15(6-4-9)8-12(16)17/h9-10,15,17-18,22-23H,3-8,11-14,16,19H2,1-2H3;9-10,12H,3-8H2,1-2H3;1-2,7,9H,3-6,8H2,(H2,13,14). The molecule has 12 heterocycles. The molecular weight excluding hydrogens is 994 g/mol. The summed E-state index contributed by atoms with van der Waals surface area (Å²) in [7, 11) is 7.14. The zero-order valence-corrected chi connectivity index (χ0v) is 46.0. The quantitative estimate of drug-likeness (QED) is 0.114. The van der Waals surface area contributed by atoms with Gasteiger partial charge in [0, 0.05) is 107 Å². The Labute approximate surface area is 456 Å². The van der Waals surface area contributed by atoms with Crippen molar-refractivity contribution in [3.8, 4) is 0 Å². The Morgan fingerprint density at radius 3 is 1.45 bits per heavy atom. The fourth-order valence-corrected chi connectivity index (χ4v) is 12.5. The van der Waals surface area contributed by atoms with Gasteiger partial charge in [-0.15, -0.1) is 0 Å². The fourth-order valence-electron chi connectivity index (χ4n) is 12.4. The van der Waals surface area contributed by atoms with Crippen molar-refractivity contribution < 1.29 is 19.2 Å². The first-order chi connectivity index (χ1) is 37.3. The van der Waals surface area contributed by atoms with Crippen LogP contribution in [0, 0.1) is 0 Å². The van der Waals surface area contributed by atoms with E-state index in [1.165, 1.54) is 51.4 Å². The summed E-state index contributed by atoms with van der Waals surface area (Å²) >= 11 is 5.98. The highest BCUT2D eigenvalue weighted by Gasteiger charge is 2.36. The van der Waals surface area contributed by atoms with E-state index in [0.29, 0.717) is 54.6 Å². The monoisotopic (exact) mass is 1070 g/mol. The molecule has 4 bridgehead atoms. The Balaban J connectivity index is 0.000000145. The van der Waals surface area contributed by atoms with Crippen LogP contribution in [0.25, 0.3) is 22.1 Å². The summed E-state index contributed by atoms with van der Waals surface area (Å²) in [6.07, 6.45) is 25.7. The highest BCUT2D eigenvalue weighted by Crippen LogP contribution is 2.35. The number of halogens is 1. The molecule has 6 aromatic rings. The fraction of sp³-hybridized carbons (Fsp3) is 0.544. The van der Waals surface area contributed by atoms with Crippen molar-refractivity contribution in [1.82, 2.24) is 58.6 Å². The number of pyridine rings is 2. The lowest BCUT2D eigenvalue weighted by Crippen LogP contribution is -2.40. The van der Waals surface area contributed by atoms with Gasteiger partial charge in [0.1, 0.15) is 34.3 Å². The van der Waals surface area contributed by atoms with Crippen LogP contribution in [0.5, 0.6) is 0 Å². The molecule has 6 saturated heterocycles. The zero-order valence-electron chi connectivity index (χ0n) is 45.2. The van der Waals surface area contributed by atoms with E-state index in [1.807, 2.05) is 52.5 Å². The molecule has 19 nitrogen and oxygen atoms in total. The van der Waals surface area contributed by atoms with Crippen molar-refractivity contribution in [2.24, 2.45) is 0 Å². The maximum atomic E-state index is 13.1. The lowest BCUT2D eigenvalue weighted by molar-refractivity contribution is -0.119. The molecule has 6 aliphatic heterocycles. The van der Waals surface area contributed by atoms with Gasteiger partial charge in [0.2, 0.25) is 17.1 Å². The van der Waals surface area contributed by atoms with E-state index in [2.05, 4.69) is 38.9 Å². The third-order valence-electron chi connectivity index (χ3n) is 16.4. The Morgan fingerprint density at radius 2 is 1.01 bits per heavy atom. The Hall–Kier alpha value is -6.57. The molecule has 408 valence electrons. The third kappa shape index (κ3) is 12.1. The maximum absolute atomic E-state index is 13.1.